The van der Waals surface area contributed by atoms with Crippen molar-refractivity contribution in [2.24, 2.45) is 5.41 Å². The van der Waals surface area contributed by atoms with E-state index in [1.807, 2.05) is 0 Å². The lowest BCUT2D eigenvalue weighted by Crippen LogP contribution is -2.30. The average molecular weight is 143 g/mol. The van der Waals surface area contributed by atoms with E-state index in [0.29, 0.717) is 0 Å². The lowest BCUT2D eigenvalue weighted by atomic mass is 9.83. The standard InChI is InChI=1S/C8H15O2/c1-8(7-9-2)3-5-10-6-4-8/h1,3-7H2,2H3. The monoisotopic (exact) mass is 143 g/mol. The van der Waals surface area contributed by atoms with Gasteiger partial charge in [0.25, 0.3) is 0 Å². The van der Waals surface area contributed by atoms with Gasteiger partial charge in [0.1, 0.15) is 0 Å². The van der Waals surface area contributed by atoms with E-state index in [-0.39, 0.29) is 5.41 Å². The lowest BCUT2D eigenvalue weighted by Gasteiger charge is -2.32. The second kappa shape index (κ2) is 3.35. The first-order valence-corrected chi connectivity index (χ1v) is 3.69. The largest absolute Gasteiger partial charge is 0.384 e. The van der Waals surface area contributed by atoms with E-state index in [1.165, 1.54) is 0 Å². The SMILES string of the molecule is [CH2]C1(COC)CCOCC1. The van der Waals surface area contributed by atoms with Gasteiger partial charge in [-0.3, -0.25) is 0 Å². The van der Waals surface area contributed by atoms with Crippen LogP contribution in [0.15, 0.2) is 0 Å². The summed E-state index contributed by atoms with van der Waals surface area (Å²) in [4.78, 5) is 0. The third kappa shape index (κ3) is 1.96. The maximum absolute atomic E-state index is 5.22. The lowest BCUT2D eigenvalue weighted by molar-refractivity contribution is -0.00347. The van der Waals surface area contributed by atoms with Crippen LogP contribution < -0.4 is 0 Å². The van der Waals surface area contributed by atoms with E-state index in [2.05, 4.69) is 6.92 Å². The molecule has 1 fully saturated rings. The second-order valence-electron chi connectivity index (χ2n) is 3.05. The topological polar surface area (TPSA) is 18.5 Å². The summed E-state index contributed by atoms with van der Waals surface area (Å²) >= 11 is 0. The number of methoxy groups -OCH3 is 1. The fourth-order valence-electron chi connectivity index (χ4n) is 1.25. The van der Waals surface area contributed by atoms with Crippen LogP contribution in [-0.2, 0) is 9.47 Å². The smallest absolute Gasteiger partial charge is 0.0520 e. The minimum Gasteiger partial charge on any atom is -0.384 e. The van der Waals surface area contributed by atoms with Crippen molar-refractivity contribution in [2.75, 3.05) is 26.9 Å². The highest BCUT2D eigenvalue weighted by atomic mass is 16.5. The predicted molar refractivity (Wildman–Crippen MR) is 39.7 cm³/mol. The Labute approximate surface area is 62.5 Å². The third-order valence-corrected chi connectivity index (χ3v) is 2.00. The van der Waals surface area contributed by atoms with Crippen LogP contribution in [0.1, 0.15) is 12.8 Å². The molecule has 2 heteroatoms. The maximum Gasteiger partial charge on any atom is 0.0520 e. The van der Waals surface area contributed by atoms with Crippen molar-refractivity contribution in [1.82, 2.24) is 0 Å². The number of hydrogen-bond donors (Lipinski definition) is 0. The molecule has 10 heavy (non-hydrogen) atoms. The average Bonchev–Trinajstić information content (AvgIpc) is 1.89. The number of rotatable bonds is 2. The highest BCUT2D eigenvalue weighted by molar-refractivity contribution is 4.83. The number of hydrogen-bond acceptors (Lipinski definition) is 2. The molecule has 1 aliphatic heterocycles. The summed E-state index contributed by atoms with van der Waals surface area (Å²) in [5.41, 5.74) is 0.132. The van der Waals surface area contributed by atoms with Gasteiger partial charge < -0.3 is 9.47 Å². The van der Waals surface area contributed by atoms with Gasteiger partial charge in [-0.05, 0) is 25.2 Å². The fourth-order valence-corrected chi connectivity index (χ4v) is 1.25. The Kier molecular flexibility index (Phi) is 2.69. The molecule has 1 rings (SSSR count). The minimum absolute atomic E-state index is 0.132. The van der Waals surface area contributed by atoms with Crippen LogP contribution in [0.2, 0.25) is 0 Å². The van der Waals surface area contributed by atoms with Crippen LogP contribution in [0.5, 0.6) is 0 Å². The summed E-state index contributed by atoms with van der Waals surface area (Å²) in [6.07, 6.45) is 2.06. The summed E-state index contributed by atoms with van der Waals surface area (Å²) in [5.74, 6) is 0. The Morgan fingerprint density at radius 2 is 2.10 bits per heavy atom. The quantitative estimate of drug-likeness (QED) is 0.579. The number of ether oxygens (including phenoxy) is 2. The Bertz CT molecular complexity index is 89.9. The molecule has 0 aromatic rings. The third-order valence-electron chi connectivity index (χ3n) is 2.00. The zero-order valence-electron chi connectivity index (χ0n) is 6.56. The fraction of sp³-hybridized carbons (Fsp3) is 0.875. The molecule has 0 aromatic carbocycles. The molecule has 1 heterocycles. The molecule has 0 bridgehead atoms. The van der Waals surface area contributed by atoms with Gasteiger partial charge in [-0.15, -0.1) is 0 Å². The van der Waals surface area contributed by atoms with Crippen molar-refractivity contribution >= 4 is 0 Å². The van der Waals surface area contributed by atoms with Gasteiger partial charge in [0.2, 0.25) is 0 Å². The van der Waals surface area contributed by atoms with E-state index in [0.717, 1.165) is 32.7 Å². The molecule has 0 aromatic heterocycles. The van der Waals surface area contributed by atoms with E-state index in [1.54, 1.807) is 7.11 Å². The molecule has 0 amide bonds. The summed E-state index contributed by atoms with van der Waals surface area (Å²) in [7, 11) is 1.72. The first kappa shape index (κ1) is 8.02. The first-order valence-electron chi connectivity index (χ1n) is 3.69. The van der Waals surface area contributed by atoms with Gasteiger partial charge in [0.15, 0.2) is 0 Å². The van der Waals surface area contributed by atoms with Crippen LogP contribution in [0, 0.1) is 12.3 Å². The zero-order chi connectivity index (χ0) is 7.45. The van der Waals surface area contributed by atoms with Crippen LogP contribution in [0.25, 0.3) is 0 Å². The molecule has 1 aliphatic rings. The Hall–Kier alpha value is -0.0800. The van der Waals surface area contributed by atoms with E-state index in [9.17, 15) is 0 Å². The molecule has 0 atom stereocenters. The molecule has 2 nitrogen and oxygen atoms in total. The van der Waals surface area contributed by atoms with Crippen molar-refractivity contribution in [2.45, 2.75) is 12.8 Å². The molecular weight excluding hydrogens is 128 g/mol. The van der Waals surface area contributed by atoms with Gasteiger partial charge in [0, 0.05) is 20.3 Å². The summed E-state index contributed by atoms with van der Waals surface area (Å²) in [5, 5.41) is 0. The maximum atomic E-state index is 5.22. The Morgan fingerprint density at radius 1 is 1.50 bits per heavy atom. The highest BCUT2D eigenvalue weighted by Gasteiger charge is 2.26. The van der Waals surface area contributed by atoms with Gasteiger partial charge in [-0.2, -0.15) is 0 Å². The van der Waals surface area contributed by atoms with Gasteiger partial charge in [0.05, 0.1) is 6.61 Å². The molecule has 0 unspecified atom stereocenters. The van der Waals surface area contributed by atoms with Crippen molar-refractivity contribution in [3.8, 4) is 0 Å². The van der Waals surface area contributed by atoms with Crippen LogP contribution in [0.3, 0.4) is 0 Å². The minimum atomic E-state index is 0.132. The first-order chi connectivity index (χ1) is 4.77. The summed E-state index contributed by atoms with van der Waals surface area (Å²) < 4.78 is 10.3. The normalized spacial score (nSPS) is 24.6. The highest BCUT2D eigenvalue weighted by Crippen LogP contribution is 2.28. The zero-order valence-corrected chi connectivity index (χ0v) is 6.56. The van der Waals surface area contributed by atoms with Gasteiger partial charge in [-0.1, -0.05) is 0 Å². The predicted octanol–water partition coefficient (Wildman–Crippen LogP) is 1.26. The molecule has 0 saturated carbocycles. The van der Waals surface area contributed by atoms with E-state index >= 15 is 0 Å². The molecular formula is C8H15O2. The molecule has 0 spiro atoms. The van der Waals surface area contributed by atoms with Crippen LogP contribution >= 0.6 is 0 Å². The van der Waals surface area contributed by atoms with Crippen molar-refractivity contribution in [3.63, 3.8) is 0 Å². The Morgan fingerprint density at radius 3 is 2.60 bits per heavy atom. The molecule has 0 N–H and O–H groups in total. The molecule has 0 aliphatic carbocycles. The molecule has 1 saturated heterocycles. The van der Waals surface area contributed by atoms with Crippen molar-refractivity contribution < 1.29 is 9.47 Å². The Balaban J connectivity index is 2.32. The molecule has 59 valence electrons. The summed E-state index contributed by atoms with van der Waals surface area (Å²) in [6, 6.07) is 0. The second-order valence-corrected chi connectivity index (χ2v) is 3.05. The van der Waals surface area contributed by atoms with E-state index < -0.39 is 0 Å². The van der Waals surface area contributed by atoms with Crippen LogP contribution in [0.4, 0.5) is 0 Å². The van der Waals surface area contributed by atoms with E-state index in [4.69, 9.17) is 9.47 Å². The van der Waals surface area contributed by atoms with Gasteiger partial charge in [-0.25, -0.2) is 0 Å². The van der Waals surface area contributed by atoms with Crippen LogP contribution in [-0.4, -0.2) is 26.9 Å². The van der Waals surface area contributed by atoms with Crippen molar-refractivity contribution in [3.05, 3.63) is 6.92 Å². The van der Waals surface area contributed by atoms with Crippen molar-refractivity contribution in [1.29, 1.82) is 0 Å². The molecule has 1 radical (unpaired) electrons. The summed E-state index contributed by atoms with van der Waals surface area (Å²) in [6.45, 7) is 6.55. The van der Waals surface area contributed by atoms with Gasteiger partial charge >= 0.3 is 0 Å².